The third-order valence-corrected chi connectivity index (χ3v) is 5.42. The van der Waals surface area contributed by atoms with E-state index in [1.807, 2.05) is 25.1 Å². The van der Waals surface area contributed by atoms with Crippen molar-refractivity contribution in [3.05, 3.63) is 24.4 Å². The molecule has 1 aromatic rings. The highest BCUT2D eigenvalue weighted by Gasteiger charge is 2.24. The summed E-state index contributed by atoms with van der Waals surface area (Å²) < 4.78 is 0. The monoisotopic (exact) mass is 312 g/mol. The van der Waals surface area contributed by atoms with Gasteiger partial charge in [0.15, 0.2) is 0 Å². The number of hydrogen-bond acceptors (Lipinski definition) is 6. The summed E-state index contributed by atoms with van der Waals surface area (Å²) in [5, 5.41) is 2.17. The SMILES string of the molecule is CC(CC(=O)ON1CCCC1=O)SSc1ccccn1. The molecule has 20 heavy (non-hydrogen) atoms. The van der Waals surface area contributed by atoms with Crippen LogP contribution in [0.3, 0.4) is 0 Å². The van der Waals surface area contributed by atoms with Crippen LogP contribution in [-0.2, 0) is 14.4 Å². The summed E-state index contributed by atoms with van der Waals surface area (Å²) in [6.45, 7) is 2.46. The fourth-order valence-electron chi connectivity index (χ4n) is 1.68. The first-order valence-electron chi connectivity index (χ1n) is 6.40. The predicted molar refractivity (Wildman–Crippen MR) is 78.8 cm³/mol. The second-order valence-corrected chi connectivity index (χ2v) is 7.08. The van der Waals surface area contributed by atoms with Gasteiger partial charge in [-0.15, -0.1) is 0 Å². The smallest absolute Gasteiger partial charge is 0.333 e. The predicted octanol–water partition coefficient (Wildman–Crippen LogP) is 2.68. The molecule has 1 amide bonds. The van der Waals surface area contributed by atoms with E-state index in [0.29, 0.717) is 13.0 Å². The van der Waals surface area contributed by atoms with Crippen LogP contribution in [0.25, 0.3) is 0 Å². The van der Waals surface area contributed by atoms with Gasteiger partial charge in [0.05, 0.1) is 13.0 Å². The molecule has 0 N–H and O–H groups in total. The first-order chi connectivity index (χ1) is 9.65. The van der Waals surface area contributed by atoms with Crippen molar-refractivity contribution in [2.75, 3.05) is 6.54 Å². The van der Waals surface area contributed by atoms with Gasteiger partial charge in [0.1, 0.15) is 5.03 Å². The van der Waals surface area contributed by atoms with Crippen molar-refractivity contribution in [2.45, 2.75) is 36.5 Å². The average molecular weight is 312 g/mol. The van der Waals surface area contributed by atoms with E-state index in [-0.39, 0.29) is 23.5 Å². The lowest BCUT2D eigenvalue weighted by molar-refractivity contribution is -0.192. The van der Waals surface area contributed by atoms with Gasteiger partial charge in [-0.2, -0.15) is 5.06 Å². The molecule has 0 aromatic carbocycles. The van der Waals surface area contributed by atoms with Gasteiger partial charge in [0.2, 0.25) is 0 Å². The quantitative estimate of drug-likeness (QED) is 0.753. The summed E-state index contributed by atoms with van der Waals surface area (Å²) in [6.07, 6.45) is 3.23. The highest BCUT2D eigenvalue weighted by atomic mass is 33.1. The number of hydroxylamine groups is 2. The zero-order valence-corrected chi connectivity index (χ0v) is 12.8. The molecule has 5 nitrogen and oxygen atoms in total. The third kappa shape index (κ3) is 4.72. The van der Waals surface area contributed by atoms with Crippen LogP contribution in [0.5, 0.6) is 0 Å². The Kier molecular flexibility index (Phi) is 5.72. The lowest BCUT2D eigenvalue weighted by atomic mass is 10.3. The van der Waals surface area contributed by atoms with Crippen molar-refractivity contribution in [3.8, 4) is 0 Å². The number of rotatable bonds is 6. The zero-order valence-electron chi connectivity index (χ0n) is 11.2. The van der Waals surface area contributed by atoms with E-state index >= 15 is 0 Å². The summed E-state index contributed by atoms with van der Waals surface area (Å²) >= 11 is 0. The molecule has 0 aliphatic carbocycles. The van der Waals surface area contributed by atoms with Crippen LogP contribution < -0.4 is 0 Å². The maximum atomic E-state index is 11.7. The molecular formula is C13H16N2O3S2. The Labute approximate surface area is 125 Å². The standard InChI is InChI=1S/C13H16N2O3S2/c1-10(19-20-11-5-2-3-7-14-11)9-13(17)18-15-8-4-6-12(15)16/h2-3,5,7,10H,4,6,8-9H2,1H3. The first-order valence-corrected chi connectivity index (χ1v) is 8.62. The molecule has 1 aromatic heterocycles. The molecule has 1 fully saturated rings. The number of nitrogens with zero attached hydrogens (tertiary/aromatic N) is 2. The maximum Gasteiger partial charge on any atom is 0.333 e. The Bertz CT molecular complexity index is 470. The van der Waals surface area contributed by atoms with Crippen molar-refractivity contribution in [2.24, 2.45) is 0 Å². The largest absolute Gasteiger partial charge is 0.338 e. The molecule has 2 rings (SSSR count). The molecule has 7 heteroatoms. The summed E-state index contributed by atoms with van der Waals surface area (Å²) in [4.78, 5) is 32.3. The summed E-state index contributed by atoms with van der Waals surface area (Å²) in [5.41, 5.74) is 0. The van der Waals surface area contributed by atoms with Crippen LogP contribution in [0, 0.1) is 0 Å². The minimum atomic E-state index is -0.359. The first kappa shape index (κ1) is 15.2. The van der Waals surface area contributed by atoms with Crippen LogP contribution in [-0.4, -0.2) is 33.7 Å². The molecule has 1 aliphatic rings. The second-order valence-electron chi connectivity index (χ2n) is 4.42. The third-order valence-electron chi connectivity index (χ3n) is 2.63. The molecule has 0 spiro atoms. The van der Waals surface area contributed by atoms with E-state index in [1.165, 1.54) is 15.9 Å². The minimum absolute atomic E-state index is 0.0900. The zero-order chi connectivity index (χ0) is 14.4. The topological polar surface area (TPSA) is 59.5 Å². The lowest BCUT2D eigenvalue weighted by Gasteiger charge is -2.16. The van der Waals surface area contributed by atoms with Crippen LogP contribution in [0.15, 0.2) is 29.4 Å². The van der Waals surface area contributed by atoms with E-state index in [4.69, 9.17) is 4.84 Å². The molecule has 1 saturated heterocycles. The number of carbonyl (C=O) groups excluding carboxylic acids is 2. The van der Waals surface area contributed by atoms with Crippen LogP contribution in [0.1, 0.15) is 26.2 Å². The maximum absolute atomic E-state index is 11.7. The van der Waals surface area contributed by atoms with Gasteiger partial charge in [-0.1, -0.05) is 23.8 Å². The van der Waals surface area contributed by atoms with Crippen LogP contribution in [0.4, 0.5) is 0 Å². The fourth-order valence-corrected chi connectivity index (χ4v) is 3.67. The van der Waals surface area contributed by atoms with E-state index in [0.717, 1.165) is 11.4 Å². The highest BCUT2D eigenvalue weighted by molar-refractivity contribution is 8.76. The molecule has 1 aliphatic heterocycles. The summed E-state index contributed by atoms with van der Waals surface area (Å²) in [7, 11) is 3.10. The van der Waals surface area contributed by atoms with Gasteiger partial charge in [-0.05, 0) is 29.3 Å². The normalized spacial score (nSPS) is 16.2. The molecule has 108 valence electrons. The molecule has 2 heterocycles. The van der Waals surface area contributed by atoms with E-state index in [1.54, 1.807) is 17.0 Å². The number of hydrogen-bond donors (Lipinski definition) is 0. The van der Waals surface area contributed by atoms with Gasteiger partial charge in [0.25, 0.3) is 5.91 Å². The van der Waals surface area contributed by atoms with Crippen molar-refractivity contribution in [1.82, 2.24) is 10.0 Å². The average Bonchev–Trinajstić information content (AvgIpc) is 2.83. The van der Waals surface area contributed by atoms with E-state index < -0.39 is 0 Å². The Morgan fingerprint density at radius 2 is 2.40 bits per heavy atom. The van der Waals surface area contributed by atoms with Crippen molar-refractivity contribution in [3.63, 3.8) is 0 Å². The number of carbonyl (C=O) groups is 2. The van der Waals surface area contributed by atoms with Gasteiger partial charge < -0.3 is 4.84 Å². The number of aromatic nitrogens is 1. The Hall–Kier alpha value is -1.21. The second kappa shape index (κ2) is 7.54. The van der Waals surface area contributed by atoms with E-state index in [9.17, 15) is 9.59 Å². The fraction of sp³-hybridized carbons (Fsp3) is 0.462. The van der Waals surface area contributed by atoms with Crippen LogP contribution in [0.2, 0.25) is 0 Å². The Balaban J connectivity index is 1.69. The lowest BCUT2D eigenvalue weighted by Crippen LogP contribution is -2.29. The molecule has 1 unspecified atom stereocenters. The Morgan fingerprint density at radius 3 is 3.05 bits per heavy atom. The van der Waals surface area contributed by atoms with E-state index in [2.05, 4.69) is 4.98 Å². The van der Waals surface area contributed by atoms with Gasteiger partial charge in [-0.3, -0.25) is 4.79 Å². The highest BCUT2D eigenvalue weighted by Crippen LogP contribution is 2.34. The summed E-state index contributed by atoms with van der Waals surface area (Å²) in [5.74, 6) is -0.469. The number of amides is 1. The minimum Gasteiger partial charge on any atom is -0.338 e. The molecular weight excluding hydrogens is 296 g/mol. The van der Waals surface area contributed by atoms with Crippen molar-refractivity contribution >= 4 is 33.5 Å². The molecule has 0 radical (unpaired) electrons. The number of pyridine rings is 1. The van der Waals surface area contributed by atoms with Crippen LogP contribution >= 0.6 is 21.6 Å². The Morgan fingerprint density at radius 1 is 1.55 bits per heavy atom. The van der Waals surface area contributed by atoms with Gasteiger partial charge in [0, 0.05) is 17.9 Å². The van der Waals surface area contributed by atoms with Crippen molar-refractivity contribution < 1.29 is 14.4 Å². The van der Waals surface area contributed by atoms with Gasteiger partial charge in [-0.25, -0.2) is 9.78 Å². The molecule has 0 saturated carbocycles. The van der Waals surface area contributed by atoms with Crippen molar-refractivity contribution in [1.29, 1.82) is 0 Å². The summed E-state index contributed by atoms with van der Waals surface area (Å²) in [6, 6.07) is 5.71. The molecule has 1 atom stereocenters. The van der Waals surface area contributed by atoms with Gasteiger partial charge >= 0.3 is 5.97 Å². The molecule has 0 bridgehead atoms.